The molecule has 1 rings (SSSR count). The molecule has 7 heteroatoms. The molecule has 0 aromatic rings. The van der Waals surface area contributed by atoms with E-state index < -0.39 is 44.5 Å². The van der Waals surface area contributed by atoms with Crippen LogP contribution >= 0.6 is 0 Å². The number of ether oxygens (including phenoxy) is 1. The van der Waals surface area contributed by atoms with Gasteiger partial charge in [-0.25, -0.2) is 0 Å². The second-order valence-electron chi connectivity index (χ2n) is 6.84. The van der Waals surface area contributed by atoms with E-state index in [4.69, 9.17) is 4.74 Å². The molecule has 0 saturated carbocycles. The Bertz CT molecular complexity index is 327. The van der Waals surface area contributed by atoms with Crippen LogP contribution in [0.2, 0.25) is 18.1 Å². The van der Waals surface area contributed by atoms with E-state index in [1.54, 1.807) is 0 Å². The standard InChI is InChI=1S/C12H26O6Si/c1-11(2,3)19(4,5)12(17)10(16)9(15)8(14)7(6-13)18-12/h7-10,13-17H,6H2,1-5H3/t7-,8-,9+,10-,12-/m1/s1. The van der Waals surface area contributed by atoms with E-state index in [1.807, 2.05) is 33.9 Å². The van der Waals surface area contributed by atoms with Crippen LogP contribution in [0, 0.1) is 0 Å². The van der Waals surface area contributed by atoms with Gasteiger partial charge in [-0.2, -0.15) is 0 Å². The maximum absolute atomic E-state index is 10.8. The average Bonchev–Trinajstić information content (AvgIpc) is 2.29. The molecule has 0 bridgehead atoms. The Morgan fingerprint density at radius 2 is 1.58 bits per heavy atom. The highest BCUT2D eigenvalue weighted by molar-refractivity contribution is 6.82. The minimum absolute atomic E-state index is 0.315. The Morgan fingerprint density at radius 1 is 1.11 bits per heavy atom. The van der Waals surface area contributed by atoms with Crippen LogP contribution in [-0.2, 0) is 4.74 Å². The molecule has 0 spiro atoms. The Morgan fingerprint density at radius 3 is 1.95 bits per heavy atom. The van der Waals surface area contributed by atoms with Gasteiger partial charge < -0.3 is 30.3 Å². The minimum Gasteiger partial charge on any atom is -0.394 e. The molecular weight excluding hydrogens is 268 g/mol. The topological polar surface area (TPSA) is 110 Å². The first-order valence-electron chi connectivity index (χ1n) is 6.45. The molecule has 6 nitrogen and oxygen atoms in total. The van der Waals surface area contributed by atoms with Gasteiger partial charge in [-0.05, 0) is 5.04 Å². The first kappa shape index (κ1) is 17.0. The van der Waals surface area contributed by atoms with Gasteiger partial charge in [-0.3, -0.25) is 0 Å². The van der Waals surface area contributed by atoms with Crippen molar-refractivity contribution in [2.75, 3.05) is 6.61 Å². The predicted molar refractivity (Wildman–Crippen MR) is 72.1 cm³/mol. The van der Waals surface area contributed by atoms with Crippen LogP contribution in [-0.4, -0.2) is 70.0 Å². The van der Waals surface area contributed by atoms with Gasteiger partial charge in [0.15, 0.2) is 5.41 Å². The molecule has 1 heterocycles. The summed E-state index contributed by atoms with van der Waals surface area (Å²) in [6.45, 7) is 8.93. The van der Waals surface area contributed by atoms with Crippen LogP contribution in [0.1, 0.15) is 20.8 Å². The quantitative estimate of drug-likeness (QED) is 0.426. The number of rotatable bonds is 2. The summed E-state index contributed by atoms with van der Waals surface area (Å²) in [6, 6.07) is 0. The summed E-state index contributed by atoms with van der Waals surface area (Å²) in [4.78, 5) is 0. The van der Waals surface area contributed by atoms with Crippen LogP contribution in [0.25, 0.3) is 0 Å². The minimum atomic E-state index is -2.62. The van der Waals surface area contributed by atoms with Crippen LogP contribution in [0.3, 0.4) is 0 Å². The molecule has 0 unspecified atom stereocenters. The van der Waals surface area contributed by atoms with Crippen molar-refractivity contribution >= 4 is 8.07 Å². The zero-order chi connectivity index (χ0) is 15.2. The van der Waals surface area contributed by atoms with Crippen molar-refractivity contribution < 1.29 is 30.3 Å². The number of aliphatic hydroxyl groups is 5. The maximum Gasteiger partial charge on any atom is 0.177 e. The van der Waals surface area contributed by atoms with E-state index in [-0.39, 0.29) is 5.04 Å². The maximum atomic E-state index is 10.8. The fraction of sp³-hybridized carbons (Fsp3) is 1.00. The van der Waals surface area contributed by atoms with E-state index in [0.29, 0.717) is 0 Å². The Labute approximate surface area is 114 Å². The summed E-state index contributed by atoms with van der Waals surface area (Å²) in [6.07, 6.45) is -5.70. The molecule has 1 aliphatic heterocycles. The second-order valence-corrected chi connectivity index (χ2v) is 12.3. The molecule has 1 saturated heterocycles. The lowest BCUT2D eigenvalue weighted by molar-refractivity contribution is -0.316. The molecule has 114 valence electrons. The first-order chi connectivity index (χ1) is 8.40. The van der Waals surface area contributed by atoms with Crippen molar-refractivity contribution in [3.05, 3.63) is 0 Å². The zero-order valence-corrected chi connectivity index (χ0v) is 13.2. The smallest absolute Gasteiger partial charge is 0.177 e. The largest absolute Gasteiger partial charge is 0.394 e. The van der Waals surface area contributed by atoms with E-state index in [1.165, 1.54) is 0 Å². The third-order valence-electron chi connectivity index (χ3n) is 4.74. The molecule has 5 atom stereocenters. The highest BCUT2D eigenvalue weighted by Gasteiger charge is 2.63. The Balaban J connectivity index is 3.22. The fourth-order valence-corrected chi connectivity index (χ4v) is 4.64. The number of hydrogen-bond acceptors (Lipinski definition) is 6. The molecule has 1 aliphatic rings. The van der Waals surface area contributed by atoms with Gasteiger partial charge >= 0.3 is 0 Å². The van der Waals surface area contributed by atoms with E-state index in [0.717, 1.165) is 0 Å². The van der Waals surface area contributed by atoms with Crippen molar-refractivity contribution in [2.24, 2.45) is 0 Å². The molecule has 0 aromatic carbocycles. The normalized spacial score (nSPS) is 41.4. The van der Waals surface area contributed by atoms with E-state index in [2.05, 4.69) is 0 Å². The molecule has 0 aromatic heterocycles. The van der Waals surface area contributed by atoms with Gasteiger partial charge in [0.05, 0.1) is 6.61 Å². The first-order valence-corrected chi connectivity index (χ1v) is 9.45. The summed E-state index contributed by atoms with van der Waals surface area (Å²) in [7, 11) is -2.62. The van der Waals surface area contributed by atoms with Gasteiger partial charge in [-0.15, -0.1) is 0 Å². The van der Waals surface area contributed by atoms with Gasteiger partial charge in [0.2, 0.25) is 0 Å². The molecule has 19 heavy (non-hydrogen) atoms. The molecular formula is C12H26O6Si. The highest BCUT2D eigenvalue weighted by Crippen LogP contribution is 2.47. The molecule has 0 aliphatic carbocycles. The van der Waals surface area contributed by atoms with Crippen LogP contribution in [0.15, 0.2) is 0 Å². The van der Waals surface area contributed by atoms with Crippen molar-refractivity contribution in [1.29, 1.82) is 0 Å². The fourth-order valence-electron chi connectivity index (χ4n) is 2.21. The predicted octanol–water partition coefficient (Wildman–Crippen LogP) is -0.804. The summed E-state index contributed by atoms with van der Waals surface area (Å²) in [5, 5.41) is 49.4. The summed E-state index contributed by atoms with van der Waals surface area (Å²) >= 11 is 0. The van der Waals surface area contributed by atoms with Gasteiger partial charge in [0.1, 0.15) is 32.5 Å². The lowest BCUT2D eigenvalue weighted by atomic mass is 9.99. The molecule has 5 N–H and O–H groups in total. The van der Waals surface area contributed by atoms with Gasteiger partial charge in [0.25, 0.3) is 0 Å². The Kier molecular flexibility index (Phi) is 4.54. The van der Waals surface area contributed by atoms with Crippen molar-refractivity contribution in [3.63, 3.8) is 0 Å². The lowest BCUT2D eigenvalue weighted by Gasteiger charge is -2.55. The average molecular weight is 294 g/mol. The Hall–Kier alpha value is -0.0231. The van der Waals surface area contributed by atoms with Crippen LogP contribution < -0.4 is 0 Å². The van der Waals surface area contributed by atoms with E-state index >= 15 is 0 Å². The van der Waals surface area contributed by atoms with Crippen LogP contribution in [0.4, 0.5) is 0 Å². The summed E-state index contributed by atoms with van der Waals surface area (Å²) in [5.74, 6) is 0. The van der Waals surface area contributed by atoms with Crippen molar-refractivity contribution in [2.45, 2.75) is 68.7 Å². The highest BCUT2D eigenvalue weighted by atomic mass is 28.3. The molecule has 0 radical (unpaired) electrons. The second kappa shape index (κ2) is 5.07. The number of hydrogen-bond donors (Lipinski definition) is 5. The molecule has 1 fully saturated rings. The lowest BCUT2D eigenvalue weighted by Crippen LogP contribution is -2.75. The number of aliphatic hydroxyl groups excluding tert-OH is 4. The summed E-state index contributed by atoms with van der Waals surface area (Å²) < 4.78 is 5.42. The zero-order valence-electron chi connectivity index (χ0n) is 12.2. The van der Waals surface area contributed by atoms with E-state index in [9.17, 15) is 25.5 Å². The third-order valence-corrected chi connectivity index (χ3v) is 10.7. The SMILES string of the molecule is CC(C)(C)[Si](C)(C)[C@]1(O)O[C@H](CO)[C@@H](O)[C@H](O)[C@H]1O. The summed E-state index contributed by atoms with van der Waals surface area (Å²) in [5.41, 5.74) is -1.93. The van der Waals surface area contributed by atoms with Crippen molar-refractivity contribution in [1.82, 2.24) is 0 Å². The van der Waals surface area contributed by atoms with Gasteiger partial charge in [-0.1, -0.05) is 33.9 Å². The third kappa shape index (κ3) is 2.48. The molecule has 0 amide bonds. The monoisotopic (exact) mass is 294 g/mol. The van der Waals surface area contributed by atoms with Gasteiger partial charge in [0, 0.05) is 0 Å². The van der Waals surface area contributed by atoms with Crippen LogP contribution in [0.5, 0.6) is 0 Å². The van der Waals surface area contributed by atoms with Crippen molar-refractivity contribution in [3.8, 4) is 0 Å².